The minimum atomic E-state index is -7.12. The van der Waals surface area contributed by atoms with Crippen LogP contribution in [0.5, 0.6) is 0 Å². The summed E-state index contributed by atoms with van der Waals surface area (Å²) in [4.78, 5) is 0. The third-order valence-corrected chi connectivity index (χ3v) is 5.04. The molecular formula is C17H10F18. The van der Waals surface area contributed by atoms with Gasteiger partial charge in [0.05, 0.1) is 0 Å². The van der Waals surface area contributed by atoms with Crippen LogP contribution >= 0.6 is 0 Å². The van der Waals surface area contributed by atoms with Crippen LogP contribution in [-0.4, -0.2) is 37.1 Å². The van der Waals surface area contributed by atoms with Crippen LogP contribution in [-0.2, 0) is 12.8 Å². The standard InChI is InChI=1S/C17H10F18/c1-7-2-8(5-10(12(18,19)20,13(21,22)23)14(24,25)26)4-9(3-7)6-11(15(27,28)29,16(30,31)32)17(33,34)35/h2-4H,5-6H2,1H3. The molecule has 0 heterocycles. The van der Waals surface area contributed by atoms with E-state index < -0.39 is 83.5 Å². The Morgan fingerprint density at radius 3 is 0.771 bits per heavy atom. The molecule has 0 saturated carbocycles. The van der Waals surface area contributed by atoms with Crippen molar-refractivity contribution in [3.05, 3.63) is 34.9 Å². The third-order valence-electron chi connectivity index (χ3n) is 5.04. The largest absolute Gasteiger partial charge is 0.412 e. The van der Waals surface area contributed by atoms with Gasteiger partial charge in [-0.3, -0.25) is 0 Å². The molecule has 0 atom stereocenters. The van der Waals surface area contributed by atoms with E-state index >= 15 is 0 Å². The van der Waals surface area contributed by atoms with Crippen LogP contribution in [0, 0.1) is 17.8 Å². The molecule has 0 saturated heterocycles. The summed E-state index contributed by atoms with van der Waals surface area (Å²) in [5.74, 6) is 0. The SMILES string of the molecule is Cc1cc(CC(C(F)(F)F)(C(F)(F)F)C(F)(F)F)cc(CC(C(F)(F)F)(C(F)(F)F)C(F)(F)F)c1. The predicted octanol–water partition coefficient (Wildman–Crippen LogP) is 8.43. The number of aryl methyl sites for hydroxylation is 1. The van der Waals surface area contributed by atoms with E-state index in [0.717, 1.165) is 0 Å². The molecule has 0 nitrogen and oxygen atoms in total. The minimum absolute atomic E-state index is 0.123. The number of hydrogen-bond donors (Lipinski definition) is 0. The Balaban J connectivity index is 3.87. The Hall–Kier alpha value is -2.04. The van der Waals surface area contributed by atoms with Crippen molar-refractivity contribution in [1.29, 1.82) is 0 Å². The quantitative estimate of drug-likeness (QED) is 0.327. The molecule has 0 bridgehead atoms. The van der Waals surface area contributed by atoms with Crippen LogP contribution in [0.2, 0.25) is 0 Å². The van der Waals surface area contributed by atoms with Crippen molar-refractivity contribution in [2.45, 2.75) is 56.8 Å². The van der Waals surface area contributed by atoms with Crippen molar-refractivity contribution in [2.24, 2.45) is 10.8 Å². The number of hydrogen-bond acceptors (Lipinski definition) is 0. The zero-order valence-corrected chi connectivity index (χ0v) is 16.4. The van der Waals surface area contributed by atoms with Crippen molar-refractivity contribution in [1.82, 2.24) is 0 Å². The van der Waals surface area contributed by atoms with Gasteiger partial charge in [-0.2, -0.15) is 79.0 Å². The lowest BCUT2D eigenvalue weighted by Gasteiger charge is -2.39. The fraction of sp³-hybridized carbons (Fsp3) is 0.647. The molecule has 0 fully saturated rings. The summed E-state index contributed by atoms with van der Waals surface area (Å²) < 4.78 is 236. The Morgan fingerprint density at radius 1 is 0.400 bits per heavy atom. The van der Waals surface area contributed by atoms with Gasteiger partial charge in [-0.05, 0) is 18.1 Å². The molecule has 0 radical (unpaired) electrons. The zero-order chi connectivity index (χ0) is 28.3. The van der Waals surface area contributed by atoms with Crippen molar-refractivity contribution in [2.75, 3.05) is 0 Å². The summed E-state index contributed by atoms with van der Waals surface area (Å²) in [5.41, 5.74) is -17.4. The molecule has 1 rings (SSSR count). The number of halogens is 18. The molecule has 0 amide bonds. The number of alkyl halides is 18. The molecule has 0 N–H and O–H groups in total. The first-order chi connectivity index (χ1) is 15.1. The molecule has 35 heavy (non-hydrogen) atoms. The molecule has 0 aliphatic carbocycles. The average Bonchev–Trinajstić information content (AvgIpc) is 2.50. The predicted molar refractivity (Wildman–Crippen MR) is 79.8 cm³/mol. The summed E-state index contributed by atoms with van der Waals surface area (Å²) in [6, 6.07) is -0.182. The second kappa shape index (κ2) is 8.52. The van der Waals surface area contributed by atoms with Crippen LogP contribution in [0.4, 0.5) is 79.0 Å². The average molecular weight is 556 g/mol. The Labute approximate surface area is 182 Å². The van der Waals surface area contributed by atoms with E-state index in [1.165, 1.54) is 0 Å². The van der Waals surface area contributed by atoms with Crippen LogP contribution in [0.3, 0.4) is 0 Å². The van der Waals surface area contributed by atoms with Gasteiger partial charge in [0, 0.05) is 12.8 Å². The van der Waals surface area contributed by atoms with E-state index in [9.17, 15) is 79.0 Å². The maximum absolute atomic E-state index is 13.1. The highest BCUT2D eigenvalue weighted by molar-refractivity contribution is 5.33. The van der Waals surface area contributed by atoms with Crippen molar-refractivity contribution >= 4 is 0 Å². The van der Waals surface area contributed by atoms with Gasteiger partial charge in [-0.1, -0.05) is 23.8 Å². The smallest absolute Gasteiger partial charge is 0.170 e. The maximum Gasteiger partial charge on any atom is 0.412 e. The highest BCUT2D eigenvalue weighted by Crippen LogP contribution is 2.62. The lowest BCUT2D eigenvalue weighted by Crippen LogP contribution is -2.61. The molecule has 0 aromatic heterocycles. The van der Waals surface area contributed by atoms with Crippen molar-refractivity contribution < 1.29 is 79.0 Å². The summed E-state index contributed by atoms with van der Waals surface area (Å²) in [6.45, 7) is 0.611. The zero-order valence-electron chi connectivity index (χ0n) is 16.4. The first kappa shape index (κ1) is 31.0. The van der Waals surface area contributed by atoms with Crippen LogP contribution in [0.25, 0.3) is 0 Å². The van der Waals surface area contributed by atoms with Crippen molar-refractivity contribution in [3.63, 3.8) is 0 Å². The topological polar surface area (TPSA) is 0 Å². The molecule has 1 aromatic rings. The molecule has 0 unspecified atom stereocenters. The van der Waals surface area contributed by atoms with Crippen molar-refractivity contribution in [3.8, 4) is 0 Å². The molecule has 1 aromatic carbocycles. The van der Waals surface area contributed by atoms with Crippen LogP contribution in [0.1, 0.15) is 16.7 Å². The third kappa shape index (κ3) is 5.24. The Kier molecular flexibility index (Phi) is 7.54. The summed E-state index contributed by atoms with van der Waals surface area (Å²) >= 11 is 0. The van der Waals surface area contributed by atoms with Gasteiger partial charge < -0.3 is 0 Å². The van der Waals surface area contributed by atoms with Gasteiger partial charge in [0.25, 0.3) is 10.8 Å². The van der Waals surface area contributed by atoms with E-state index in [1.807, 2.05) is 0 Å². The lowest BCUT2D eigenvalue weighted by molar-refractivity contribution is -0.427. The highest BCUT2D eigenvalue weighted by atomic mass is 19.4. The highest BCUT2D eigenvalue weighted by Gasteiger charge is 2.84. The van der Waals surface area contributed by atoms with Gasteiger partial charge in [0.2, 0.25) is 0 Å². The van der Waals surface area contributed by atoms with E-state index in [1.54, 1.807) is 0 Å². The van der Waals surface area contributed by atoms with Gasteiger partial charge in [0.15, 0.2) is 0 Å². The first-order valence-electron chi connectivity index (χ1n) is 8.55. The van der Waals surface area contributed by atoms with E-state index in [2.05, 4.69) is 0 Å². The first-order valence-corrected chi connectivity index (χ1v) is 8.55. The lowest BCUT2D eigenvalue weighted by atomic mass is 9.76. The van der Waals surface area contributed by atoms with Gasteiger partial charge in [0.1, 0.15) is 0 Å². The molecule has 0 aliphatic rings. The second-order valence-corrected chi connectivity index (χ2v) is 7.48. The monoisotopic (exact) mass is 556 g/mol. The minimum Gasteiger partial charge on any atom is -0.170 e. The number of benzene rings is 1. The summed E-state index contributed by atoms with van der Waals surface area (Å²) in [5, 5.41) is 0. The second-order valence-electron chi connectivity index (χ2n) is 7.48. The normalized spacial score (nSPS) is 15.5. The van der Waals surface area contributed by atoms with E-state index in [-0.39, 0.29) is 12.1 Å². The Bertz CT molecular complexity index is 744. The van der Waals surface area contributed by atoms with E-state index in [4.69, 9.17) is 0 Å². The molecular weight excluding hydrogens is 546 g/mol. The molecule has 0 aliphatic heterocycles. The molecule has 204 valence electrons. The molecule has 0 spiro atoms. The van der Waals surface area contributed by atoms with Gasteiger partial charge >= 0.3 is 37.1 Å². The summed E-state index contributed by atoms with van der Waals surface area (Å²) in [6.07, 6.45) is -49.0. The summed E-state index contributed by atoms with van der Waals surface area (Å²) in [7, 11) is 0. The van der Waals surface area contributed by atoms with Gasteiger partial charge in [-0.25, -0.2) is 0 Å². The number of rotatable bonds is 4. The molecule has 18 heteroatoms. The fourth-order valence-corrected chi connectivity index (χ4v) is 3.33. The Morgan fingerprint density at radius 2 is 0.600 bits per heavy atom. The maximum atomic E-state index is 13.1. The van der Waals surface area contributed by atoms with E-state index in [0.29, 0.717) is 6.92 Å². The van der Waals surface area contributed by atoms with Crippen LogP contribution < -0.4 is 0 Å². The fourth-order valence-electron chi connectivity index (χ4n) is 3.33. The van der Waals surface area contributed by atoms with Gasteiger partial charge in [-0.15, -0.1) is 0 Å². The van der Waals surface area contributed by atoms with Crippen LogP contribution in [0.15, 0.2) is 18.2 Å².